The van der Waals surface area contributed by atoms with Gasteiger partial charge in [0.1, 0.15) is 18.1 Å². The van der Waals surface area contributed by atoms with Crippen LogP contribution in [0.4, 0.5) is 0 Å². The molecule has 28 heavy (non-hydrogen) atoms. The van der Waals surface area contributed by atoms with Crippen LogP contribution in [0.2, 0.25) is 5.02 Å². The molecule has 0 bridgehead atoms. The Morgan fingerprint density at radius 1 is 1.36 bits per heavy atom. The number of halogens is 1. The fraction of sp³-hybridized carbons (Fsp3) is 0.381. The van der Waals surface area contributed by atoms with Crippen LogP contribution in [0.5, 0.6) is 11.5 Å². The maximum absolute atomic E-state index is 11.4. The Morgan fingerprint density at radius 2 is 2.21 bits per heavy atom. The Hall–Kier alpha value is -2.28. The van der Waals surface area contributed by atoms with Gasteiger partial charge in [-0.15, -0.1) is 0 Å². The summed E-state index contributed by atoms with van der Waals surface area (Å²) in [6.45, 7) is 2.86. The van der Waals surface area contributed by atoms with Crippen molar-refractivity contribution >= 4 is 17.6 Å². The number of carbonyl (C=O) groups excluding carboxylic acids is 1. The number of fused-ring (bicyclic) bond motifs is 1. The van der Waals surface area contributed by atoms with Gasteiger partial charge >= 0.3 is 5.97 Å². The van der Waals surface area contributed by atoms with Gasteiger partial charge in [-0.05, 0) is 54.8 Å². The van der Waals surface area contributed by atoms with Crippen molar-refractivity contribution in [2.45, 2.75) is 25.5 Å². The van der Waals surface area contributed by atoms with Crippen LogP contribution in [0.25, 0.3) is 0 Å². The number of nitrogens with one attached hydrogen (secondary N) is 1. The Labute approximate surface area is 169 Å². The highest BCUT2D eigenvalue weighted by molar-refractivity contribution is 6.30. The number of benzene rings is 2. The molecule has 0 amide bonds. The summed E-state index contributed by atoms with van der Waals surface area (Å²) >= 11 is 5.98. The van der Waals surface area contributed by atoms with Gasteiger partial charge < -0.3 is 24.6 Å². The van der Waals surface area contributed by atoms with Gasteiger partial charge in [-0.2, -0.15) is 0 Å². The van der Waals surface area contributed by atoms with Gasteiger partial charge in [-0.1, -0.05) is 23.7 Å². The average Bonchev–Trinajstić information content (AvgIpc) is 2.70. The van der Waals surface area contributed by atoms with Gasteiger partial charge in [0.15, 0.2) is 6.61 Å². The van der Waals surface area contributed by atoms with Crippen molar-refractivity contribution in [3.8, 4) is 11.5 Å². The molecule has 2 atom stereocenters. The molecule has 7 heteroatoms. The minimum Gasteiger partial charge on any atom is -0.492 e. The lowest BCUT2D eigenvalue weighted by molar-refractivity contribution is -0.145. The lowest BCUT2D eigenvalue weighted by Crippen LogP contribution is -2.41. The van der Waals surface area contributed by atoms with Gasteiger partial charge in [0.25, 0.3) is 0 Å². The van der Waals surface area contributed by atoms with E-state index in [1.54, 1.807) is 25.1 Å². The second kappa shape index (κ2) is 9.78. The summed E-state index contributed by atoms with van der Waals surface area (Å²) in [6.07, 6.45) is 0.0770. The first-order chi connectivity index (χ1) is 13.5. The summed E-state index contributed by atoms with van der Waals surface area (Å²) < 4.78 is 16.1. The fourth-order valence-electron chi connectivity index (χ4n) is 3.05. The van der Waals surface area contributed by atoms with Crippen molar-refractivity contribution < 1.29 is 24.1 Å². The summed E-state index contributed by atoms with van der Waals surface area (Å²) in [5.41, 5.74) is 1.76. The predicted octanol–water partition coefficient (Wildman–Crippen LogP) is 2.91. The third kappa shape index (κ3) is 5.61. The third-order valence-electron chi connectivity index (χ3n) is 4.43. The van der Waals surface area contributed by atoms with Crippen LogP contribution in [0.1, 0.15) is 24.2 Å². The van der Waals surface area contributed by atoms with E-state index >= 15 is 0 Å². The largest absolute Gasteiger partial charge is 0.492 e. The highest BCUT2D eigenvalue weighted by Crippen LogP contribution is 2.29. The van der Waals surface area contributed by atoms with Crippen LogP contribution in [-0.4, -0.2) is 43.5 Å². The zero-order chi connectivity index (χ0) is 19.9. The Balaban J connectivity index is 1.54. The van der Waals surface area contributed by atoms with Crippen molar-refractivity contribution in [1.29, 1.82) is 0 Å². The molecule has 2 aromatic rings. The Morgan fingerprint density at radius 3 is 3.00 bits per heavy atom. The fourth-order valence-corrected chi connectivity index (χ4v) is 3.25. The van der Waals surface area contributed by atoms with Crippen molar-refractivity contribution in [3.05, 3.63) is 58.6 Å². The van der Waals surface area contributed by atoms with Crippen LogP contribution in [0.15, 0.2) is 42.5 Å². The molecule has 0 saturated heterocycles. The lowest BCUT2D eigenvalue weighted by atomic mass is 10.0. The third-order valence-corrected chi connectivity index (χ3v) is 4.67. The van der Waals surface area contributed by atoms with Gasteiger partial charge in [0, 0.05) is 17.6 Å². The molecular formula is C21H24ClNO5. The van der Waals surface area contributed by atoms with E-state index in [0.29, 0.717) is 30.5 Å². The van der Waals surface area contributed by atoms with E-state index in [1.165, 1.54) is 0 Å². The SMILES string of the molecule is CCOC(=O)COc1ccc2c(c1)CC(NCC(O)c1cccc(Cl)c1)CO2. The number of rotatable bonds is 8. The molecule has 2 aromatic carbocycles. The van der Waals surface area contributed by atoms with E-state index in [4.69, 9.17) is 25.8 Å². The van der Waals surface area contributed by atoms with E-state index in [0.717, 1.165) is 23.3 Å². The molecule has 0 spiro atoms. The number of ether oxygens (including phenoxy) is 3. The molecule has 0 aliphatic carbocycles. The van der Waals surface area contributed by atoms with Crippen molar-refractivity contribution in [2.24, 2.45) is 0 Å². The van der Waals surface area contributed by atoms with E-state index in [-0.39, 0.29) is 12.6 Å². The number of aliphatic hydroxyl groups is 1. The first kappa shape index (κ1) is 20.5. The molecule has 3 rings (SSSR count). The van der Waals surface area contributed by atoms with E-state index in [1.807, 2.05) is 24.3 Å². The molecule has 6 nitrogen and oxygen atoms in total. The number of aliphatic hydroxyl groups excluding tert-OH is 1. The molecule has 2 unspecified atom stereocenters. The molecule has 0 saturated carbocycles. The summed E-state index contributed by atoms with van der Waals surface area (Å²) in [7, 11) is 0. The number of carbonyl (C=O) groups is 1. The van der Waals surface area contributed by atoms with Gasteiger partial charge in [0.2, 0.25) is 0 Å². The molecule has 1 aliphatic rings. The molecule has 0 radical (unpaired) electrons. The Bertz CT molecular complexity index is 813. The molecule has 1 aliphatic heterocycles. The van der Waals surface area contributed by atoms with Gasteiger partial charge in [0.05, 0.1) is 12.7 Å². The minimum atomic E-state index is -0.653. The molecule has 1 heterocycles. The zero-order valence-corrected chi connectivity index (χ0v) is 16.4. The van der Waals surface area contributed by atoms with E-state index < -0.39 is 12.1 Å². The summed E-state index contributed by atoms with van der Waals surface area (Å²) in [4.78, 5) is 11.4. The first-order valence-corrected chi connectivity index (χ1v) is 9.64. The quantitative estimate of drug-likeness (QED) is 0.657. The molecule has 150 valence electrons. The second-order valence-corrected chi connectivity index (χ2v) is 6.99. The molecule has 0 fully saturated rings. The average molecular weight is 406 g/mol. The smallest absolute Gasteiger partial charge is 0.344 e. The first-order valence-electron chi connectivity index (χ1n) is 9.26. The summed E-state index contributed by atoms with van der Waals surface area (Å²) in [6, 6.07) is 12.7. The van der Waals surface area contributed by atoms with Crippen LogP contribution in [-0.2, 0) is 16.0 Å². The number of hydrogen-bond acceptors (Lipinski definition) is 6. The minimum absolute atomic E-state index is 0.0571. The number of esters is 1. The zero-order valence-electron chi connectivity index (χ0n) is 15.7. The maximum Gasteiger partial charge on any atom is 0.344 e. The molecule has 2 N–H and O–H groups in total. The highest BCUT2D eigenvalue weighted by atomic mass is 35.5. The van der Waals surface area contributed by atoms with Crippen LogP contribution in [0, 0.1) is 0 Å². The van der Waals surface area contributed by atoms with E-state index in [2.05, 4.69) is 5.32 Å². The normalized spacial score (nSPS) is 16.6. The molecular weight excluding hydrogens is 382 g/mol. The van der Waals surface area contributed by atoms with Crippen LogP contribution < -0.4 is 14.8 Å². The summed E-state index contributed by atoms with van der Waals surface area (Å²) in [5, 5.41) is 14.3. The van der Waals surface area contributed by atoms with Crippen molar-refractivity contribution in [3.63, 3.8) is 0 Å². The number of hydrogen-bond donors (Lipinski definition) is 2. The van der Waals surface area contributed by atoms with Crippen LogP contribution >= 0.6 is 11.6 Å². The van der Waals surface area contributed by atoms with Crippen LogP contribution in [0.3, 0.4) is 0 Å². The monoisotopic (exact) mass is 405 g/mol. The molecule has 0 aromatic heterocycles. The Kier molecular flexibility index (Phi) is 7.14. The standard InChI is InChI=1S/C21H24ClNO5/c1-2-26-21(25)13-27-18-6-7-20-15(10-18)9-17(12-28-20)23-11-19(24)14-4-3-5-16(22)8-14/h3-8,10,17,19,23-24H,2,9,11-13H2,1H3. The predicted molar refractivity (Wildman–Crippen MR) is 106 cm³/mol. The van der Waals surface area contributed by atoms with E-state index in [9.17, 15) is 9.90 Å². The van der Waals surface area contributed by atoms with Crippen molar-refractivity contribution in [1.82, 2.24) is 5.32 Å². The maximum atomic E-state index is 11.4. The van der Waals surface area contributed by atoms with Crippen molar-refractivity contribution in [2.75, 3.05) is 26.4 Å². The van der Waals surface area contributed by atoms with Gasteiger partial charge in [-0.25, -0.2) is 4.79 Å². The van der Waals surface area contributed by atoms with Gasteiger partial charge in [-0.3, -0.25) is 0 Å². The summed E-state index contributed by atoms with van der Waals surface area (Å²) in [5.74, 6) is 0.998. The lowest BCUT2D eigenvalue weighted by Gasteiger charge is -2.27. The second-order valence-electron chi connectivity index (χ2n) is 6.55. The topological polar surface area (TPSA) is 77.0 Å². The highest BCUT2D eigenvalue weighted by Gasteiger charge is 2.21.